The van der Waals surface area contributed by atoms with Gasteiger partial charge in [-0.2, -0.15) is 0 Å². The molecule has 2 rings (SSSR count). The second-order valence-corrected chi connectivity index (χ2v) is 5.48. The van der Waals surface area contributed by atoms with Gasteiger partial charge in [-0.1, -0.05) is 11.6 Å². The Morgan fingerprint density at radius 2 is 2.06 bits per heavy atom. The lowest BCUT2D eigenvalue weighted by atomic mass is 10.2. The van der Waals surface area contributed by atoms with Crippen molar-refractivity contribution in [3.05, 3.63) is 23.0 Å². The van der Waals surface area contributed by atoms with E-state index in [1.54, 1.807) is 11.8 Å². The number of rotatable bonds is 2. The first-order chi connectivity index (χ1) is 7.66. The topological polar surface area (TPSA) is 35.2 Å². The third-order valence-electron chi connectivity index (χ3n) is 2.51. The van der Waals surface area contributed by atoms with Gasteiger partial charge in [0.05, 0.1) is 5.02 Å². The molecule has 2 N–H and O–H groups in total. The van der Waals surface area contributed by atoms with Gasteiger partial charge in [0.25, 0.3) is 0 Å². The molecule has 16 heavy (non-hydrogen) atoms. The lowest BCUT2D eigenvalue weighted by Crippen LogP contribution is -2.17. The van der Waals surface area contributed by atoms with Crippen molar-refractivity contribution in [1.82, 2.24) is 0 Å². The Morgan fingerprint density at radius 1 is 1.38 bits per heavy atom. The Labute approximate surface area is 103 Å². The number of anilines is 1. The summed E-state index contributed by atoms with van der Waals surface area (Å²) in [7, 11) is 0. The number of thioether (sulfide) groups is 1. The summed E-state index contributed by atoms with van der Waals surface area (Å²) in [6, 6.07) is 2.89. The fraction of sp³-hybridized carbons (Fsp3) is 0.455. The highest BCUT2D eigenvalue weighted by Gasteiger charge is 2.17. The molecule has 0 unspecified atom stereocenters. The predicted molar refractivity (Wildman–Crippen MR) is 65.5 cm³/mol. The number of ether oxygens (including phenoxy) is 1. The number of benzene rings is 1. The smallest absolute Gasteiger partial charge is 0.143 e. The van der Waals surface area contributed by atoms with Crippen LogP contribution < -0.4 is 5.73 Å². The molecule has 88 valence electrons. The molecule has 1 heterocycles. The second kappa shape index (κ2) is 5.25. The van der Waals surface area contributed by atoms with E-state index in [9.17, 15) is 4.39 Å². The van der Waals surface area contributed by atoms with Gasteiger partial charge in [0.1, 0.15) is 5.82 Å². The van der Waals surface area contributed by atoms with Gasteiger partial charge in [0.15, 0.2) is 0 Å². The third-order valence-corrected chi connectivity index (χ3v) is 4.22. The van der Waals surface area contributed by atoms with Crippen LogP contribution in [0.15, 0.2) is 17.0 Å². The van der Waals surface area contributed by atoms with Crippen LogP contribution in [0.3, 0.4) is 0 Å². The minimum Gasteiger partial charge on any atom is -0.398 e. The monoisotopic (exact) mass is 261 g/mol. The highest BCUT2D eigenvalue weighted by atomic mass is 35.5. The third kappa shape index (κ3) is 2.81. The number of hydrogen-bond donors (Lipinski definition) is 1. The summed E-state index contributed by atoms with van der Waals surface area (Å²) in [6.07, 6.45) is 1.96. The van der Waals surface area contributed by atoms with E-state index in [0.717, 1.165) is 31.0 Å². The zero-order chi connectivity index (χ0) is 11.5. The van der Waals surface area contributed by atoms with Gasteiger partial charge in [-0.05, 0) is 25.0 Å². The van der Waals surface area contributed by atoms with Crippen LogP contribution in [-0.2, 0) is 4.74 Å². The van der Waals surface area contributed by atoms with Crippen LogP contribution in [0, 0.1) is 5.82 Å². The molecule has 0 saturated carbocycles. The van der Waals surface area contributed by atoms with Crippen molar-refractivity contribution in [2.45, 2.75) is 23.0 Å². The Balaban J connectivity index is 2.11. The fourth-order valence-corrected chi connectivity index (χ4v) is 2.95. The van der Waals surface area contributed by atoms with Crippen molar-refractivity contribution >= 4 is 29.1 Å². The molecule has 0 radical (unpaired) electrons. The normalized spacial score (nSPS) is 17.6. The minimum absolute atomic E-state index is 0.0776. The maximum atomic E-state index is 13.3. The second-order valence-electron chi connectivity index (χ2n) is 3.73. The van der Waals surface area contributed by atoms with E-state index in [2.05, 4.69) is 0 Å². The molecule has 5 heteroatoms. The van der Waals surface area contributed by atoms with E-state index in [0.29, 0.717) is 10.9 Å². The number of nitrogens with two attached hydrogens (primary N) is 1. The highest BCUT2D eigenvalue weighted by molar-refractivity contribution is 8.00. The molecule has 1 aliphatic heterocycles. The summed E-state index contributed by atoms with van der Waals surface area (Å²) in [5, 5.41) is 0.533. The summed E-state index contributed by atoms with van der Waals surface area (Å²) in [4.78, 5) is 0.772. The van der Waals surface area contributed by atoms with Crippen LogP contribution in [0.4, 0.5) is 10.1 Å². The zero-order valence-corrected chi connectivity index (χ0v) is 10.3. The van der Waals surface area contributed by atoms with Crippen LogP contribution in [0.2, 0.25) is 5.02 Å². The van der Waals surface area contributed by atoms with Crippen LogP contribution in [0.5, 0.6) is 0 Å². The molecule has 0 bridgehead atoms. The van der Waals surface area contributed by atoms with Crippen molar-refractivity contribution in [3.8, 4) is 0 Å². The quantitative estimate of drug-likeness (QED) is 0.830. The van der Waals surface area contributed by atoms with E-state index in [-0.39, 0.29) is 5.02 Å². The van der Waals surface area contributed by atoms with Gasteiger partial charge in [0, 0.05) is 29.0 Å². The Morgan fingerprint density at radius 3 is 2.75 bits per heavy atom. The van der Waals surface area contributed by atoms with Gasteiger partial charge >= 0.3 is 0 Å². The summed E-state index contributed by atoms with van der Waals surface area (Å²) >= 11 is 7.25. The number of hydrogen-bond acceptors (Lipinski definition) is 3. The number of nitrogen functional groups attached to an aromatic ring is 1. The zero-order valence-electron chi connectivity index (χ0n) is 8.71. The summed E-state index contributed by atoms with van der Waals surface area (Å²) in [5.74, 6) is -0.412. The first kappa shape index (κ1) is 12.0. The predicted octanol–water partition coefficient (Wildman–Crippen LogP) is 3.33. The van der Waals surface area contributed by atoms with E-state index < -0.39 is 5.82 Å². The maximum Gasteiger partial charge on any atom is 0.143 e. The van der Waals surface area contributed by atoms with Crippen molar-refractivity contribution in [2.24, 2.45) is 0 Å². The molecule has 1 aliphatic rings. The summed E-state index contributed by atoms with van der Waals surface area (Å²) < 4.78 is 18.6. The van der Waals surface area contributed by atoms with Crippen molar-refractivity contribution in [1.29, 1.82) is 0 Å². The van der Waals surface area contributed by atoms with Crippen LogP contribution in [0.1, 0.15) is 12.8 Å². The van der Waals surface area contributed by atoms with Crippen molar-refractivity contribution in [3.63, 3.8) is 0 Å². The Kier molecular flexibility index (Phi) is 3.95. The summed E-state index contributed by atoms with van der Waals surface area (Å²) in [5.41, 5.74) is 6.35. The largest absolute Gasteiger partial charge is 0.398 e. The molecule has 1 aromatic rings. The SMILES string of the molecule is Nc1cc(Cl)c(F)cc1SC1CCOCC1. The van der Waals surface area contributed by atoms with Crippen LogP contribution >= 0.6 is 23.4 Å². The van der Waals surface area contributed by atoms with Gasteiger partial charge in [0.2, 0.25) is 0 Å². The van der Waals surface area contributed by atoms with E-state index >= 15 is 0 Å². The molecule has 0 spiro atoms. The van der Waals surface area contributed by atoms with Gasteiger partial charge in [-0.15, -0.1) is 11.8 Å². The molecule has 1 fully saturated rings. The molecule has 1 saturated heterocycles. The summed E-state index contributed by atoms with van der Waals surface area (Å²) in [6.45, 7) is 1.54. The van der Waals surface area contributed by atoms with Crippen molar-refractivity contribution < 1.29 is 9.13 Å². The Hall–Kier alpha value is -0.450. The van der Waals surface area contributed by atoms with E-state index in [1.807, 2.05) is 0 Å². The molecule has 2 nitrogen and oxygen atoms in total. The van der Waals surface area contributed by atoms with Gasteiger partial charge < -0.3 is 10.5 Å². The Bertz CT molecular complexity index is 382. The molecule has 1 aromatic carbocycles. The fourth-order valence-electron chi connectivity index (χ4n) is 1.62. The van der Waals surface area contributed by atoms with E-state index in [1.165, 1.54) is 12.1 Å². The van der Waals surface area contributed by atoms with Crippen LogP contribution in [0.25, 0.3) is 0 Å². The van der Waals surface area contributed by atoms with Gasteiger partial charge in [-0.3, -0.25) is 0 Å². The molecule has 0 amide bonds. The highest BCUT2D eigenvalue weighted by Crippen LogP contribution is 2.35. The lowest BCUT2D eigenvalue weighted by molar-refractivity contribution is 0.100. The molecule has 0 atom stereocenters. The standard InChI is InChI=1S/C11H13ClFNOS/c12-8-5-10(14)11(6-9(8)13)16-7-1-3-15-4-2-7/h5-7H,1-4,14H2. The number of halogens is 2. The first-order valence-electron chi connectivity index (χ1n) is 5.16. The van der Waals surface area contributed by atoms with Crippen LogP contribution in [-0.4, -0.2) is 18.5 Å². The minimum atomic E-state index is -0.412. The average Bonchev–Trinajstić information content (AvgIpc) is 2.27. The first-order valence-corrected chi connectivity index (χ1v) is 6.41. The van der Waals surface area contributed by atoms with Gasteiger partial charge in [-0.25, -0.2) is 4.39 Å². The molecule has 0 aliphatic carbocycles. The molecular weight excluding hydrogens is 249 g/mol. The van der Waals surface area contributed by atoms with Crippen molar-refractivity contribution in [2.75, 3.05) is 18.9 Å². The average molecular weight is 262 g/mol. The maximum absolute atomic E-state index is 13.3. The molecule has 0 aromatic heterocycles. The lowest BCUT2D eigenvalue weighted by Gasteiger charge is -2.22. The molecular formula is C11H13ClFNOS. The van der Waals surface area contributed by atoms with E-state index in [4.69, 9.17) is 22.1 Å².